The quantitative estimate of drug-likeness (QED) is 0.837. The number of nitrogens with one attached hydrogen (secondary N) is 2. The van der Waals surface area contributed by atoms with Gasteiger partial charge in [-0.15, -0.1) is 0 Å². The summed E-state index contributed by atoms with van der Waals surface area (Å²) >= 11 is 3.50. The molecule has 1 aromatic heterocycles. The van der Waals surface area contributed by atoms with Crippen LogP contribution in [-0.4, -0.2) is 55.7 Å². The van der Waals surface area contributed by atoms with E-state index < -0.39 is 0 Å². The molecule has 7 heteroatoms. The van der Waals surface area contributed by atoms with Crippen LogP contribution in [0.25, 0.3) is 0 Å². The number of aromatic nitrogens is 1. The number of hydrogen-bond acceptors (Lipinski definition) is 6. The van der Waals surface area contributed by atoms with Gasteiger partial charge in [0.15, 0.2) is 6.17 Å². The van der Waals surface area contributed by atoms with Gasteiger partial charge in [0.1, 0.15) is 0 Å². The molecule has 3 heterocycles. The minimum Gasteiger partial charge on any atom is -0.379 e. The predicted octanol–water partition coefficient (Wildman–Crippen LogP) is 2.03. The molecule has 2 aliphatic rings. The van der Waals surface area contributed by atoms with Crippen LogP contribution in [0.3, 0.4) is 0 Å². The van der Waals surface area contributed by atoms with Gasteiger partial charge >= 0.3 is 0 Å². The minimum absolute atomic E-state index is 0.0737. The molecule has 2 N–H and O–H groups in total. The zero-order valence-corrected chi connectivity index (χ0v) is 14.5. The Hall–Kier alpha value is -1.44. The lowest BCUT2D eigenvalue weighted by atomic mass is 10.3. The number of ether oxygens (including phenoxy) is 1. The molecule has 0 radical (unpaired) electrons. The third kappa shape index (κ3) is 5.40. The van der Waals surface area contributed by atoms with Crippen molar-refractivity contribution in [2.45, 2.75) is 13.1 Å². The van der Waals surface area contributed by atoms with Crippen LogP contribution in [0.15, 0.2) is 39.7 Å². The van der Waals surface area contributed by atoms with E-state index in [4.69, 9.17) is 4.74 Å². The van der Waals surface area contributed by atoms with Crippen molar-refractivity contribution in [3.8, 4) is 0 Å². The molecule has 1 saturated heterocycles. The molecule has 0 amide bonds. The lowest BCUT2D eigenvalue weighted by molar-refractivity contribution is 0.0503. The molecule has 0 bridgehead atoms. The third-order valence-electron chi connectivity index (χ3n) is 3.30. The number of pyridine rings is 1. The Labute approximate surface area is 139 Å². The van der Waals surface area contributed by atoms with Gasteiger partial charge in [-0.25, -0.2) is 4.99 Å². The predicted molar refractivity (Wildman–Crippen MR) is 93.2 cm³/mol. The average Bonchev–Trinajstić information content (AvgIpc) is 2.54. The SMILES string of the molecule is CC1=C(Br)C(Nc2cccnc2)N=CN1.CN1CCOCC1. The van der Waals surface area contributed by atoms with Gasteiger partial charge in [-0.2, -0.15) is 0 Å². The second-order valence-corrected chi connectivity index (χ2v) is 5.95. The molecule has 0 saturated carbocycles. The highest BCUT2D eigenvalue weighted by Gasteiger charge is 2.15. The number of halogens is 1. The fourth-order valence-electron chi connectivity index (χ4n) is 1.91. The fourth-order valence-corrected chi connectivity index (χ4v) is 2.26. The highest BCUT2D eigenvalue weighted by atomic mass is 79.9. The molecule has 1 unspecified atom stereocenters. The van der Waals surface area contributed by atoms with Gasteiger partial charge in [0.2, 0.25) is 0 Å². The molecule has 22 heavy (non-hydrogen) atoms. The van der Waals surface area contributed by atoms with E-state index in [1.54, 1.807) is 18.7 Å². The summed E-state index contributed by atoms with van der Waals surface area (Å²) < 4.78 is 6.11. The Morgan fingerprint density at radius 2 is 2.18 bits per heavy atom. The number of aliphatic imine (C=N–C) groups is 1. The van der Waals surface area contributed by atoms with E-state index in [1.165, 1.54) is 0 Å². The van der Waals surface area contributed by atoms with E-state index >= 15 is 0 Å². The van der Waals surface area contributed by atoms with Crippen LogP contribution >= 0.6 is 15.9 Å². The van der Waals surface area contributed by atoms with Crippen molar-refractivity contribution in [2.75, 3.05) is 38.7 Å². The maximum atomic E-state index is 5.10. The number of rotatable bonds is 2. The van der Waals surface area contributed by atoms with Crippen molar-refractivity contribution in [2.24, 2.45) is 4.99 Å². The monoisotopic (exact) mass is 367 g/mol. The molecule has 6 nitrogen and oxygen atoms in total. The van der Waals surface area contributed by atoms with Crippen molar-refractivity contribution in [1.82, 2.24) is 15.2 Å². The zero-order chi connectivity index (χ0) is 15.8. The molecule has 0 aliphatic carbocycles. The number of anilines is 1. The largest absolute Gasteiger partial charge is 0.379 e. The third-order valence-corrected chi connectivity index (χ3v) is 4.33. The van der Waals surface area contributed by atoms with E-state index in [1.807, 2.05) is 19.1 Å². The molecule has 3 rings (SSSR count). The Bertz CT molecular complexity index is 514. The van der Waals surface area contributed by atoms with Gasteiger partial charge in [-0.05, 0) is 42.0 Å². The Kier molecular flexibility index (Phi) is 6.82. The second-order valence-electron chi connectivity index (χ2n) is 5.10. The van der Waals surface area contributed by atoms with Crippen molar-refractivity contribution in [3.63, 3.8) is 0 Å². The average molecular weight is 368 g/mol. The lowest BCUT2D eigenvalue weighted by Gasteiger charge is -2.21. The topological polar surface area (TPSA) is 61.8 Å². The summed E-state index contributed by atoms with van der Waals surface area (Å²) in [6.07, 6.45) is 5.13. The van der Waals surface area contributed by atoms with Crippen molar-refractivity contribution in [3.05, 3.63) is 34.7 Å². The standard InChI is InChI=1S/C10H11BrN4.C5H11NO/c1-7-9(11)10(14-6-13-7)15-8-3-2-4-12-5-8;1-6-2-4-7-5-3-6/h2-6,10,15H,1H3,(H,13,14);2-5H2,1H3. The summed E-state index contributed by atoms with van der Waals surface area (Å²) in [5.74, 6) is 0. The van der Waals surface area contributed by atoms with Crippen molar-refractivity contribution < 1.29 is 4.74 Å². The van der Waals surface area contributed by atoms with Gasteiger partial charge in [-0.1, -0.05) is 0 Å². The molecule has 120 valence electrons. The van der Waals surface area contributed by atoms with E-state index in [-0.39, 0.29) is 6.17 Å². The van der Waals surface area contributed by atoms with E-state index in [9.17, 15) is 0 Å². The zero-order valence-electron chi connectivity index (χ0n) is 12.9. The second kappa shape index (κ2) is 8.87. The summed E-state index contributed by atoms with van der Waals surface area (Å²) in [7, 11) is 2.11. The summed E-state index contributed by atoms with van der Waals surface area (Å²) in [4.78, 5) is 10.6. The maximum Gasteiger partial charge on any atom is 0.154 e. The van der Waals surface area contributed by atoms with Crippen LogP contribution in [0.2, 0.25) is 0 Å². The molecule has 2 aliphatic heterocycles. The first-order chi connectivity index (χ1) is 10.7. The molecule has 1 atom stereocenters. The van der Waals surface area contributed by atoms with Crippen LogP contribution in [0.1, 0.15) is 6.92 Å². The Morgan fingerprint density at radius 3 is 2.77 bits per heavy atom. The number of hydrogen-bond donors (Lipinski definition) is 2. The molecular formula is C15H22BrN5O. The van der Waals surface area contributed by atoms with Gasteiger partial charge in [-0.3, -0.25) is 4.98 Å². The van der Waals surface area contributed by atoms with Crippen LogP contribution < -0.4 is 10.6 Å². The van der Waals surface area contributed by atoms with Gasteiger partial charge in [0.25, 0.3) is 0 Å². The minimum atomic E-state index is -0.0737. The Morgan fingerprint density at radius 1 is 1.41 bits per heavy atom. The lowest BCUT2D eigenvalue weighted by Crippen LogP contribution is -2.32. The normalized spacial score (nSPS) is 21.7. The fraction of sp³-hybridized carbons (Fsp3) is 0.467. The first-order valence-electron chi connectivity index (χ1n) is 7.24. The van der Waals surface area contributed by atoms with Gasteiger partial charge < -0.3 is 20.3 Å². The Balaban J connectivity index is 0.000000211. The summed E-state index contributed by atoms with van der Waals surface area (Å²) in [5, 5.41) is 6.29. The highest BCUT2D eigenvalue weighted by Crippen LogP contribution is 2.21. The van der Waals surface area contributed by atoms with E-state index in [0.29, 0.717) is 0 Å². The molecular weight excluding hydrogens is 346 g/mol. The van der Waals surface area contributed by atoms with Crippen molar-refractivity contribution in [1.29, 1.82) is 0 Å². The highest BCUT2D eigenvalue weighted by molar-refractivity contribution is 9.11. The number of allylic oxidation sites excluding steroid dienone is 1. The molecule has 0 aromatic carbocycles. The molecule has 1 aromatic rings. The molecule has 1 fully saturated rings. The first-order valence-corrected chi connectivity index (χ1v) is 8.03. The number of nitrogens with zero attached hydrogens (tertiary/aromatic N) is 3. The summed E-state index contributed by atoms with van der Waals surface area (Å²) in [5.41, 5.74) is 2.01. The summed E-state index contributed by atoms with van der Waals surface area (Å²) in [6, 6.07) is 3.85. The maximum absolute atomic E-state index is 5.10. The first kappa shape index (κ1) is 16.9. The number of morpholine rings is 1. The van der Waals surface area contributed by atoms with Crippen LogP contribution in [0, 0.1) is 0 Å². The number of likely N-dealkylation sites (N-methyl/N-ethyl adjacent to an activating group) is 1. The van der Waals surface area contributed by atoms with E-state index in [2.05, 4.69) is 48.5 Å². The molecule has 0 spiro atoms. The van der Waals surface area contributed by atoms with Gasteiger partial charge in [0, 0.05) is 31.2 Å². The van der Waals surface area contributed by atoms with Crippen LogP contribution in [-0.2, 0) is 4.74 Å². The van der Waals surface area contributed by atoms with E-state index in [0.717, 1.165) is 42.2 Å². The van der Waals surface area contributed by atoms with Gasteiger partial charge in [0.05, 0.1) is 29.7 Å². The van der Waals surface area contributed by atoms with Crippen LogP contribution in [0.4, 0.5) is 5.69 Å². The smallest absolute Gasteiger partial charge is 0.154 e. The van der Waals surface area contributed by atoms with Crippen molar-refractivity contribution >= 4 is 28.0 Å². The summed E-state index contributed by atoms with van der Waals surface area (Å²) in [6.45, 7) is 6.01. The van der Waals surface area contributed by atoms with Crippen LogP contribution in [0.5, 0.6) is 0 Å².